The molecule has 0 radical (unpaired) electrons. The van der Waals surface area contributed by atoms with Crippen molar-refractivity contribution in [2.45, 2.75) is 39.1 Å². The van der Waals surface area contributed by atoms with Gasteiger partial charge in [-0.05, 0) is 25.3 Å². The summed E-state index contributed by atoms with van der Waals surface area (Å²) in [6.45, 7) is 5.60. The van der Waals surface area contributed by atoms with Crippen molar-refractivity contribution in [1.29, 1.82) is 0 Å². The molecule has 0 aromatic heterocycles. The second kappa shape index (κ2) is 5.54. The Morgan fingerprint density at radius 3 is 2.47 bits per heavy atom. The zero-order chi connectivity index (χ0) is 12.2. The zero-order valence-electron chi connectivity index (χ0n) is 10.6. The number of carbonyl (C=O) groups is 1. The van der Waals surface area contributed by atoms with E-state index in [1.807, 2.05) is 44.2 Å². The lowest BCUT2D eigenvalue weighted by molar-refractivity contribution is -0.121. The van der Waals surface area contributed by atoms with E-state index < -0.39 is 5.89 Å². The number of nitrogens with one attached hydrogen (secondary N) is 1. The number of hydrogen-bond acceptors (Lipinski definition) is 1. The van der Waals surface area contributed by atoms with E-state index in [-0.39, 0.29) is 18.4 Å². The standard InChI is InChI=1S/C13H19NO/c1-10(2)14-13(15)9-11(3)12-7-5-4-6-8-12/h4-8,10-11H,9H2,1-3H3,(H,14,15)/i11D. The summed E-state index contributed by atoms with van der Waals surface area (Å²) in [5, 5.41) is 2.81. The maximum Gasteiger partial charge on any atom is 0.220 e. The second-order valence-electron chi connectivity index (χ2n) is 4.05. The summed E-state index contributed by atoms with van der Waals surface area (Å²) in [6, 6.07) is 9.59. The summed E-state index contributed by atoms with van der Waals surface area (Å²) >= 11 is 0. The van der Waals surface area contributed by atoms with Gasteiger partial charge in [0.25, 0.3) is 0 Å². The van der Waals surface area contributed by atoms with E-state index in [2.05, 4.69) is 5.32 Å². The summed E-state index contributed by atoms with van der Waals surface area (Å²) in [5.74, 6) is -0.934. The predicted octanol–water partition coefficient (Wildman–Crippen LogP) is 2.70. The lowest BCUT2D eigenvalue weighted by atomic mass is 9.97. The Morgan fingerprint density at radius 2 is 1.93 bits per heavy atom. The molecule has 0 heterocycles. The van der Waals surface area contributed by atoms with Crippen molar-refractivity contribution >= 4 is 5.91 Å². The Labute approximate surface area is 93.1 Å². The Hall–Kier alpha value is -1.31. The maximum atomic E-state index is 11.6. The molecule has 0 aliphatic carbocycles. The smallest absolute Gasteiger partial charge is 0.220 e. The maximum absolute atomic E-state index is 11.6. The highest BCUT2D eigenvalue weighted by molar-refractivity contribution is 5.77. The van der Waals surface area contributed by atoms with Gasteiger partial charge in [0.05, 0.1) is 0 Å². The van der Waals surface area contributed by atoms with Gasteiger partial charge in [-0.2, -0.15) is 0 Å². The van der Waals surface area contributed by atoms with E-state index in [9.17, 15) is 4.79 Å². The van der Waals surface area contributed by atoms with Crippen molar-refractivity contribution in [1.82, 2.24) is 5.32 Å². The first-order valence-corrected chi connectivity index (χ1v) is 5.27. The third-order valence-corrected chi connectivity index (χ3v) is 2.14. The molecule has 2 heteroatoms. The summed E-state index contributed by atoms with van der Waals surface area (Å²) in [4.78, 5) is 11.6. The lowest BCUT2D eigenvalue weighted by Gasteiger charge is -2.13. The van der Waals surface area contributed by atoms with Crippen LogP contribution >= 0.6 is 0 Å². The molecule has 0 spiro atoms. The normalized spacial score (nSPS) is 15.6. The molecule has 0 saturated carbocycles. The minimum atomic E-state index is -0.861. The van der Waals surface area contributed by atoms with Gasteiger partial charge in [0.1, 0.15) is 0 Å². The minimum Gasteiger partial charge on any atom is -0.354 e. The van der Waals surface area contributed by atoms with Crippen molar-refractivity contribution in [3.8, 4) is 0 Å². The van der Waals surface area contributed by atoms with Crippen LogP contribution in [0.5, 0.6) is 0 Å². The van der Waals surface area contributed by atoms with Crippen LogP contribution < -0.4 is 5.32 Å². The molecule has 1 atom stereocenters. The van der Waals surface area contributed by atoms with E-state index in [0.717, 1.165) is 5.56 Å². The van der Waals surface area contributed by atoms with Gasteiger partial charge in [-0.1, -0.05) is 37.3 Å². The van der Waals surface area contributed by atoms with Crippen LogP contribution in [0.3, 0.4) is 0 Å². The van der Waals surface area contributed by atoms with Gasteiger partial charge in [0.2, 0.25) is 5.91 Å². The van der Waals surface area contributed by atoms with Gasteiger partial charge in [-0.3, -0.25) is 4.79 Å². The first-order chi connectivity index (χ1) is 7.42. The third kappa shape index (κ3) is 4.15. The minimum absolute atomic E-state index is 0.0728. The predicted molar refractivity (Wildman–Crippen MR) is 62.8 cm³/mol. The molecule has 15 heavy (non-hydrogen) atoms. The van der Waals surface area contributed by atoms with Crippen LogP contribution in [0, 0.1) is 0 Å². The zero-order valence-corrected chi connectivity index (χ0v) is 9.58. The van der Waals surface area contributed by atoms with Crippen LogP contribution in [-0.2, 0) is 4.79 Å². The summed E-state index contributed by atoms with van der Waals surface area (Å²) in [7, 11) is 0. The number of benzene rings is 1. The second-order valence-corrected chi connectivity index (χ2v) is 4.05. The monoisotopic (exact) mass is 206 g/mol. The SMILES string of the molecule is [2H]C(C)(CC(=O)NC(C)C)c1ccccc1. The lowest BCUT2D eigenvalue weighted by Crippen LogP contribution is -2.30. The molecule has 82 valence electrons. The van der Waals surface area contributed by atoms with Gasteiger partial charge in [0.15, 0.2) is 0 Å². The third-order valence-electron chi connectivity index (χ3n) is 2.14. The van der Waals surface area contributed by atoms with E-state index in [1.54, 1.807) is 6.92 Å². The molecule has 0 fully saturated rings. The van der Waals surface area contributed by atoms with Crippen molar-refractivity contribution in [2.75, 3.05) is 0 Å². The molecule has 1 N–H and O–H groups in total. The van der Waals surface area contributed by atoms with Gasteiger partial charge < -0.3 is 5.32 Å². The Balaban J connectivity index is 2.69. The van der Waals surface area contributed by atoms with Crippen molar-refractivity contribution in [3.05, 3.63) is 35.9 Å². The van der Waals surface area contributed by atoms with Crippen LogP contribution in [0.4, 0.5) is 0 Å². The van der Waals surface area contributed by atoms with Crippen molar-refractivity contribution < 1.29 is 6.17 Å². The molecular weight excluding hydrogens is 186 g/mol. The summed E-state index contributed by atoms with van der Waals surface area (Å²) in [6.07, 6.45) is 0.190. The highest BCUT2D eigenvalue weighted by Gasteiger charge is 2.11. The first-order valence-electron chi connectivity index (χ1n) is 5.77. The van der Waals surface area contributed by atoms with Gasteiger partial charge in [-0.25, -0.2) is 0 Å². The Morgan fingerprint density at radius 1 is 1.33 bits per heavy atom. The van der Waals surface area contributed by atoms with Crippen LogP contribution in [0.25, 0.3) is 0 Å². The van der Waals surface area contributed by atoms with E-state index in [0.29, 0.717) is 0 Å². The average molecular weight is 206 g/mol. The van der Waals surface area contributed by atoms with Gasteiger partial charge in [-0.15, -0.1) is 0 Å². The topological polar surface area (TPSA) is 29.1 Å². The molecular formula is C13H19NO. The summed E-state index contributed by atoms with van der Waals surface area (Å²) in [5.41, 5.74) is 0.869. The molecule has 0 saturated heterocycles. The number of carbonyl (C=O) groups excluding carboxylic acids is 1. The molecule has 0 bridgehead atoms. The van der Waals surface area contributed by atoms with Crippen LogP contribution in [0.2, 0.25) is 0 Å². The van der Waals surface area contributed by atoms with E-state index in [1.165, 1.54) is 0 Å². The Bertz CT molecular complexity index is 346. The summed E-state index contributed by atoms with van der Waals surface area (Å²) < 4.78 is 8.18. The van der Waals surface area contributed by atoms with Crippen LogP contribution in [0.15, 0.2) is 30.3 Å². The fourth-order valence-electron chi connectivity index (χ4n) is 1.44. The van der Waals surface area contributed by atoms with Crippen molar-refractivity contribution in [2.24, 2.45) is 0 Å². The molecule has 2 nitrogen and oxygen atoms in total. The molecule has 1 rings (SSSR count). The van der Waals surface area contributed by atoms with E-state index in [4.69, 9.17) is 1.37 Å². The molecule has 0 aliphatic rings. The van der Waals surface area contributed by atoms with Gasteiger partial charge in [0, 0.05) is 13.8 Å². The van der Waals surface area contributed by atoms with Crippen LogP contribution in [-0.4, -0.2) is 11.9 Å². The van der Waals surface area contributed by atoms with Crippen LogP contribution in [0.1, 0.15) is 40.0 Å². The highest BCUT2D eigenvalue weighted by Crippen LogP contribution is 2.17. The van der Waals surface area contributed by atoms with E-state index >= 15 is 0 Å². The largest absolute Gasteiger partial charge is 0.354 e. The number of rotatable bonds is 4. The number of hydrogen-bond donors (Lipinski definition) is 1. The molecule has 0 aliphatic heterocycles. The Kier molecular flexibility index (Phi) is 3.77. The van der Waals surface area contributed by atoms with Crippen molar-refractivity contribution in [3.63, 3.8) is 0 Å². The highest BCUT2D eigenvalue weighted by atomic mass is 16.1. The van der Waals surface area contributed by atoms with Gasteiger partial charge >= 0.3 is 0 Å². The fraction of sp³-hybridized carbons (Fsp3) is 0.462. The fourth-order valence-corrected chi connectivity index (χ4v) is 1.44. The molecule has 1 aromatic carbocycles. The molecule has 1 aromatic rings. The molecule has 1 amide bonds. The quantitative estimate of drug-likeness (QED) is 0.806. The molecule has 1 unspecified atom stereocenters. The first kappa shape index (κ1) is 10.2. The number of amides is 1. The average Bonchev–Trinajstić information content (AvgIpc) is 2.16.